The Kier molecular flexibility index (Phi) is 4.66. The van der Waals surface area contributed by atoms with Crippen molar-refractivity contribution in [3.8, 4) is 5.88 Å². The second kappa shape index (κ2) is 6.07. The predicted molar refractivity (Wildman–Crippen MR) is 80.6 cm³/mol. The third-order valence-corrected chi connectivity index (χ3v) is 4.38. The molecule has 0 unspecified atom stereocenters. The van der Waals surface area contributed by atoms with Crippen LogP contribution in [0.1, 0.15) is 46.5 Å². The molecule has 106 valence electrons. The zero-order chi connectivity index (χ0) is 13.9. The summed E-state index contributed by atoms with van der Waals surface area (Å²) in [6.07, 6.45) is 6.43. The van der Waals surface area contributed by atoms with Gasteiger partial charge in [-0.05, 0) is 54.0 Å². The molecule has 1 aromatic rings. The normalized spacial score (nSPS) is 19.2. The minimum atomic E-state index is 0.272. The number of hydrogen-bond acceptors (Lipinski definition) is 4. The van der Waals surface area contributed by atoms with Crippen LogP contribution < -0.4 is 10.1 Å². The van der Waals surface area contributed by atoms with E-state index in [4.69, 9.17) is 4.74 Å². The maximum Gasteiger partial charge on any atom is 0.233 e. The Morgan fingerprint density at radius 1 is 1.37 bits per heavy atom. The molecule has 1 heterocycles. The van der Waals surface area contributed by atoms with Crippen LogP contribution in [0, 0.1) is 5.41 Å². The first-order valence-corrected chi connectivity index (χ1v) is 7.72. The van der Waals surface area contributed by atoms with E-state index in [0.717, 1.165) is 29.7 Å². The average Bonchev–Trinajstić information content (AvgIpc) is 2.37. The number of rotatable bonds is 4. The van der Waals surface area contributed by atoms with Crippen LogP contribution in [0.25, 0.3) is 0 Å². The molecule has 0 amide bonds. The fourth-order valence-corrected chi connectivity index (χ4v) is 2.81. The second-order valence-corrected chi connectivity index (χ2v) is 6.65. The Bertz CT molecular complexity index is 427. The zero-order valence-electron chi connectivity index (χ0n) is 11.9. The molecule has 4 nitrogen and oxygen atoms in total. The van der Waals surface area contributed by atoms with Gasteiger partial charge < -0.3 is 10.1 Å². The summed E-state index contributed by atoms with van der Waals surface area (Å²) in [4.78, 5) is 8.43. The van der Waals surface area contributed by atoms with Crippen molar-refractivity contribution in [1.82, 2.24) is 9.97 Å². The first kappa shape index (κ1) is 14.6. The van der Waals surface area contributed by atoms with Gasteiger partial charge in [0.2, 0.25) is 5.88 Å². The smallest absolute Gasteiger partial charge is 0.233 e. The number of nitrogens with one attached hydrogen (secondary N) is 1. The summed E-state index contributed by atoms with van der Waals surface area (Å²) in [7, 11) is 0. The van der Waals surface area contributed by atoms with E-state index in [2.05, 4.69) is 45.1 Å². The van der Waals surface area contributed by atoms with Crippen molar-refractivity contribution in [3.63, 3.8) is 0 Å². The van der Waals surface area contributed by atoms with Crippen LogP contribution in [-0.2, 0) is 0 Å². The van der Waals surface area contributed by atoms with E-state index in [1.165, 1.54) is 12.8 Å². The van der Waals surface area contributed by atoms with Crippen LogP contribution in [0.15, 0.2) is 10.8 Å². The van der Waals surface area contributed by atoms with E-state index < -0.39 is 0 Å². The number of anilines is 1. The van der Waals surface area contributed by atoms with Crippen molar-refractivity contribution < 1.29 is 4.74 Å². The molecule has 0 atom stereocenters. The maximum absolute atomic E-state index is 6.03. The lowest BCUT2D eigenvalue weighted by atomic mass is 9.76. The first-order valence-electron chi connectivity index (χ1n) is 6.93. The van der Waals surface area contributed by atoms with Crippen LogP contribution in [0.5, 0.6) is 5.88 Å². The predicted octanol–water partition coefficient (Wildman–Crippen LogP) is 4.02. The monoisotopic (exact) mass is 327 g/mol. The molecule has 1 aromatic heterocycles. The van der Waals surface area contributed by atoms with Crippen LogP contribution in [-0.4, -0.2) is 22.6 Å². The Labute approximate surface area is 123 Å². The molecule has 0 radical (unpaired) electrons. The summed E-state index contributed by atoms with van der Waals surface area (Å²) in [5, 5.41) is 3.19. The van der Waals surface area contributed by atoms with Crippen LogP contribution >= 0.6 is 15.9 Å². The molecule has 2 rings (SSSR count). The van der Waals surface area contributed by atoms with Gasteiger partial charge in [-0.25, -0.2) is 9.97 Å². The molecule has 0 saturated heterocycles. The topological polar surface area (TPSA) is 47.0 Å². The Morgan fingerprint density at radius 2 is 2.05 bits per heavy atom. The standard InChI is InChI=1S/C14H22BrN3O/c1-4-16-12-11(15)13(18-9-17-12)19-10-5-7-14(2,3)8-6-10/h9-10H,4-8H2,1-3H3,(H,16,17,18). The number of halogens is 1. The zero-order valence-corrected chi connectivity index (χ0v) is 13.5. The molecule has 1 aliphatic rings. The molecular weight excluding hydrogens is 306 g/mol. The number of aromatic nitrogens is 2. The lowest BCUT2D eigenvalue weighted by molar-refractivity contribution is 0.0941. The van der Waals surface area contributed by atoms with Gasteiger partial charge >= 0.3 is 0 Å². The van der Waals surface area contributed by atoms with E-state index in [9.17, 15) is 0 Å². The Balaban J connectivity index is 2.02. The van der Waals surface area contributed by atoms with Crippen molar-refractivity contribution in [2.24, 2.45) is 5.41 Å². The second-order valence-electron chi connectivity index (χ2n) is 5.85. The van der Waals surface area contributed by atoms with Gasteiger partial charge in [-0.3, -0.25) is 0 Å². The number of ether oxygens (including phenoxy) is 1. The molecule has 1 N–H and O–H groups in total. The van der Waals surface area contributed by atoms with Crippen LogP contribution in [0.3, 0.4) is 0 Å². The van der Waals surface area contributed by atoms with Gasteiger partial charge in [0.1, 0.15) is 22.7 Å². The highest BCUT2D eigenvalue weighted by Crippen LogP contribution is 2.37. The van der Waals surface area contributed by atoms with E-state index in [1.807, 2.05) is 6.92 Å². The minimum Gasteiger partial charge on any atom is -0.473 e. The lowest BCUT2D eigenvalue weighted by Crippen LogP contribution is -2.28. The molecular formula is C14H22BrN3O. The fourth-order valence-electron chi connectivity index (χ4n) is 2.38. The highest BCUT2D eigenvalue weighted by Gasteiger charge is 2.28. The highest BCUT2D eigenvalue weighted by molar-refractivity contribution is 9.10. The molecule has 1 aliphatic carbocycles. The number of nitrogens with zero attached hydrogens (tertiary/aromatic N) is 2. The Morgan fingerprint density at radius 3 is 2.68 bits per heavy atom. The molecule has 0 aromatic carbocycles. The molecule has 19 heavy (non-hydrogen) atoms. The van der Waals surface area contributed by atoms with Crippen molar-refractivity contribution in [2.75, 3.05) is 11.9 Å². The van der Waals surface area contributed by atoms with Crippen LogP contribution in [0.2, 0.25) is 0 Å². The molecule has 0 bridgehead atoms. The molecule has 1 fully saturated rings. The van der Waals surface area contributed by atoms with Gasteiger partial charge in [-0.2, -0.15) is 0 Å². The van der Waals surface area contributed by atoms with Gasteiger partial charge in [0, 0.05) is 6.54 Å². The molecule has 1 saturated carbocycles. The summed E-state index contributed by atoms with van der Waals surface area (Å²) in [6, 6.07) is 0. The summed E-state index contributed by atoms with van der Waals surface area (Å²) >= 11 is 3.52. The largest absolute Gasteiger partial charge is 0.473 e. The number of hydrogen-bond donors (Lipinski definition) is 1. The van der Waals surface area contributed by atoms with E-state index in [-0.39, 0.29) is 6.10 Å². The van der Waals surface area contributed by atoms with Gasteiger partial charge in [0.05, 0.1) is 0 Å². The molecule has 0 spiro atoms. The van der Waals surface area contributed by atoms with Crippen molar-refractivity contribution in [1.29, 1.82) is 0 Å². The van der Waals surface area contributed by atoms with Gasteiger partial charge in [-0.15, -0.1) is 0 Å². The van der Waals surface area contributed by atoms with Gasteiger partial charge in [-0.1, -0.05) is 13.8 Å². The molecule has 0 aliphatic heterocycles. The van der Waals surface area contributed by atoms with Crippen molar-refractivity contribution >= 4 is 21.7 Å². The van der Waals surface area contributed by atoms with Crippen LogP contribution in [0.4, 0.5) is 5.82 Å². The van der Waals surface area contributed by atoms with E-state index >= 15 is 0 Å². The highest BCUT2D eigenvalue weighted by atomic mass is 79.9. The average molecular weight is 328 g/mol. The van der Waals surface area contributed by atoms with Gasteiger partial charge in [0.15, 0.2) is 0 Å². The summed E-state index contributed by atoms with van der Waals surface area (Å²) in [5.74, 6) is 1.44. The van der Waals surface area contributed by atoms with E-state index in [0.29, 0.717) is 11.3 Å². The lowest BCUT2D eigenvalue weighted by Gasteiger charge is -2.34. The third-order valence-electron chi connectivity index (χ3n) is 3.67. The van der Waals surface area contributed by atoms with Crippen molar-refractivity contribution in [2.45, 2.75) is 52.6 Å². The summed E-state index contributed by atoms with van der Waals surface area (Å²) in [6.45, 7) is 7.52. The maximum atomic E-state index is 6.03. The minimum absolute atomic E-state index is 0.272. The summed E-state index contributed by atoms with van der Waals surface area (Å²) in [5.41, 5.74) is 0.456. The molecule has 5 heteroatoms. The van der Waals surface area contributed by atoms with Crippen molar-refractivity contribution in [3.05, 3.63) is 10.8 Å². The first-order chi connectivity index (χ1) is 9.02. The fraction of sp³-hybridized carbons (Fsp3) is 0.714. The third kappa shape index (κ3) is 3.81. The SMILES string of the molecule is CCNc1ncnc(OC2CCC(C)(C)CC2)c1Br. The van der Waals surface area contributed by atoms with Gasteiger partial charge in [0.25, 0.3) is 0 Å². The Hall–Kier alpha value is -0.840. The van der Waals surface area contributed by atoms with E-state index in [1.54, 1.807) is 6.33 Å². The quantitative estimate of drug-likeness (QED) is 0.907. The summed E-state index contributed by atoms with van der Waals surface area (Å²) < 4.78 is 6.85.